The summed E-state index contributed by atoms with van der Waals surface area (Å²) < 4.78 is 61.7. The predicted octanol–water partition coefficient (Wildman–Crippen LogP) is -1.95. The Labute approximate surface area is 140 Å². The molecule has 0 saturated heterocycles. The Morgan fingerprint density at radius 1 is 1.07 bits per heavy atom. The first-order chi connectivity index (χ1) is 5.42. The SMILES string of the molecule is CC(=O)OS(=O)(=O)O.O=S(=O)(O)O.[Cr].[KH]. The predicted molar refractivity (Wildman–Crippen MR) is 44.6 cm³/mol. The molecule has 0 aromatic rings. The van der Waals surface area contributed by atoms with Crippen LogP contribution in [0.25, 0.3) is 0 Å². The Morgan fingerprint density at radius 3 is 1.27 bits per heavy atom. The van der Waals surface area contributed by atoms with Crippen LogP contribution in [0.3, 0.4) is 0 Å². The molecule has 0 aromatic heterocycles. The maximum atomic E-state index is 9.70. The summed E-state index contributed by atoms with van der Waals surface area (Å²) in [6.07, 6.45) is 0. The average molecular weight is 330 g/mol. The van der Waals surface area contributed by atoms with Crippen LogP contribution >= 0.6 is 0 Å². The maximum absolute atomic E-state index is 9.70. The minimum atomic E-state index is -4.67. The Hall–Kier alpha value is 1.42. The second-order valence-corrected chi connectivity index (χ2v) is 3.37. The second kappa shape index (κ2) is 10.6. The molecule has 9 nitrogen and oxygen atoms in total. The quantitative estimate of drug-likeness (QED) is 0.367. The third kappa shape index (κ3) is 67.4. The second-order valence-electron chi connectivity index (χ2n) is 1.45. The van der Waals surface area contributed by atoms with Crippen LogP contribution in [0.1, 0.15) is 6.92 Å². The molecular formula is C2H7CrKO9S2. The molecule has 0 amide bonds. The Bertz CT molecular complexity index is 348. The van der Waals surface area contributed by atoms with Crippen molar-refractivity contribution >= 4 is 78.2 Å². The molecule has 3 N–H and O–H groups in total. The molecular weight excluding hydrogens is 323 g/mol. The fraction of sp³-hybridized carbons (Fsp3) is 0.500. The van der Waals surface area contributed by atoms with Gasteiger partial charge in [-0.15, -0.1) is 0 Å². The van der Waals surface area contributed by atoms with E-state index in [0.29, 0.717) is 0 Å². The van der Waals surface area contributed by atoms with E-state index in [1.165, 1.54) is 0 Å². The first-order valence-corrected chi connectivity index (χ1v) is 5.05. The van der Waals surface area contributed by atoms with Crippen molar-refractivity contribution in [2.24, 2.45) is 0 Å². The molecule has 13 heteroatoms. The van der Waals surface area contributed by atoms with Crippen LogP contribution in [0.15, 0.2) is 0 Å². The van der Waals surface area contributed by atoms with Gasteiger partial charge in [0.2, 0.25) is 0 Å². The monoisotopic (exact) mass is 330 g/mol. The average Bonchev–Trinajstić information content (AvgIpc) is 1.47. The zero-order valence-electron chi connectivity index (χ0n) is 6.52. The van der Waals surface area contributed by atoms with E-state index in [4.69, 9.17) is 22.1 Å². The Balaban J connectivity index is -0.0000000770. The third-order valence-corrected chi connectivity index (χ3v) is 0.668. The van der Waals surface area contributed by atoms with Gasteiger partial charge < -0.3 is 4.18 Å². The van der Waals surface area contributed by atoms with Gasteiger partial charge in [0, 0.05) is 24.3 Å². The summed E-state index contributed by atoms with van der Waals surface area (Å²) in [6.45, 7) is 0.869. The molecule has 0 heterocycles. The van der Waals surface area contributed by atoms with E-state index in [-0.39, 0.29) is 68.7 Å². The molecule has 0 radical (unpaired) electrons. The van der Waals surface area contributed by atoms with Gasteiger partial charge >= 0.3 is 78.2 Å². The van der Waals surface area contributed by atoms with E-state index in [1.807, 2.05) is 0 Å². The third-order valence-electron chi connectivity index (χ3n) is 0.223. The normalized spacial score (nSPS) is 9.60. The van der Waals surface area contributed by atoms with Crippen molar-refractivity contribution in [3.05, 3.63) is 0 Å². The summed E-state index contributed by atoms with van der Waals surface area (Å²) in [6, 6.07) is 0. The Kier molecular flexibility index (Phi) is 17.8. The molecule has 0 aliphatic carbocycles. The number of hydrogen-bond donors (Lipinski definition) is 3. The van der Waals surface area contributed by atoms with Crippen molar-refractivity contribution in [3.8, 4) is 0 Å². The molecule has 0 spiro atoms. The van der Waals surface area contributed by atoms with Crippen LogP contribution in [0.5, 0.6) is 0 Å². The van der Waals surface area contributed by atoms with Gasteiger partial charge in [-0.3, -0.25) is 18.5 Å². The van der Waals surface area contributed by atoms with E-state index in [2.05, 4.69) is 4.18 Å². The van der Waals surface area contributed by atoms with Crippen LogP contribution in [-0.2, 0) is 47.1 Å². The summed E-state index contributed by atoms with van der Waals surface area (Å²) >= 11 is 0. The zero-order valence-corrected chi connectivity index (χ0v) is 9.42. The van der Waals surface area contributed by atoms with Crippen LogP contribution in [-0.4, -0.2) is 87.8 Å². The molecule has 0 saturated carbocycles. The molecule has 15 heavy (non-hydrogen) atoms. The van der Waals surface area contributed by atoms with Crippen LogP contribution in [0.4, 0.5) is 0 Å². The number of rotatable bonds is 1. The first-order valence-electron chi connectivity index (χ1n) is 2.29. The summed E-state index contributed by atoms with van der Waals surface area (Å²) in [4.78, 5) is 9.70. The van der Waals surface area contributed by atoms with Gasteiger partial charge in [-0.2, -0.15) is 16.8 Å². The van der Waals surface area contributed by atoms with Gasteiger partial charge in [-0.05, 0) is 0 Å². The van der Waals surface area contributed by atoms with Crippen molar-refractivity contribution < 1.29 is 56.8 Å². The van der Waals surface area contributed by atoms with Crippen molar-refractivity contribution in [1.29, 1.82) is 0 Å². The van der Waals surface area contributed by atoms with E-state index in [0.717, 1.165) is 6.92 Å². The number of carbonyl (C=O) groups excluding carboxylic acids is 1. The number of hydrogen-bond acceptors (Lipinski definition) is 6. The van der Waals surface area contributed by atoms with Crippen LogP contribution in [0.2, 0.25) is 0 Å². The number of carbonyl (C=O) groups is 1. The molecule has 0 aliphatic heterocycles. The van der Waals surface area contributed by atoms with E-state index in [1.54, 1.807) is 0 Å². The zero-order chi connectivity index (χ0) is 11.3. The van der Waals surface area contributed by atoms with Crippen LogP contribution in [0, 0.1) is 0 Å². The van der Waals surface area contributed by atoms with Gasteiger partial charge in [0.05, 0.1) is 0 Å². The molecule has 0 bridgehead atoms. The summed E-state index contributed by atoms with van der Waals surface area (Å²) in [7, 11) is -9.24. The summed E-state index contributed by atoms with van der Waals surface area (Å²) in [5.41, 5.74) is 0. The van der Waals surface area contributed by atoms with Gasteiger partial charge in [-0.1, -0.05) is 0 Å². The van der Waals surface area contributed by atoms with Gasteiger partial charge in [0.25, 0.3) is 0 Å². The molecule has 0 aromatic carbocycles. The topological polar surface area (TPSA) is 155 Å². The van der Waals surface area contributed by atoms with E-state index >= 15 is 0 Å². The summed E-state index contributed by atoms with van der Waals surface area (Å²) in [5, 5.41) is 0. The fourth-order valence-electron chi connectivity index (χ4n) is 0.148. The van der Waals surface area contributed by atoms with E-state index < -0.39 is 26.8 Å². The molecule has 88 valence electrons. The minimum absolute atomic E-state index is 0. The molecule has 0 fully saturated rings. The molecule has 0 aliphatic rings. The van der Waals surface area contributed by atoms with Crippen LogP contribution < -0.4 is 0 Å². The summed E-state index contributed by atoms with van der Waals surface area (Å²) in [5.74, 6) is -1.06. The van der Waals surface area contributed by atoms with Crippen molar-refractivity contribution in [2.45, 2.75) is 6.92 Å². The van der Waals surface area contributed by atoms with Gasteiger partial charge in [0.15, 0.2) is 0 Å². The van der Waals surface area contributed by atoms with E-state index in [9.17, 15) is 13.2 Å². The van der Waals surface area contributed by atoms with Crippen molar-refractivity contribution in [2.75, 3.05) is 0 Å². The molecule has 0 atom stereocenters. The van der Waals surface area contributed by atoms with Crippen molar-refractivity contribution in [1.82, 2.24) is 0 Å². The Morgan fingerprint density at radius 2 is 1.27 bits per heavy atom. The first kappa shape index (κ1) is 25.3. The van der Waals surface area contributed by atoms with Crippen molar-refractivity contribution in [3.63, 3.8) is 0 Å². The van der Waals surface area contributed by atoms with Gasteiger partial charge in [-0.25, -0.2) is 0 Å². The van der Waals surface area contributed by atoms with Gasteiger partial charge in [0.1, 0.15) is 0 Å². The molecule has 0 rings (SSSR count). The molecule has 0 unspecified atom stereocenters. The fourth-order valence-corrected chi connectivity index (χ4v) is 0.445. The standard InChI is InChI=1S/C2H4O5S.Cr.K.H2O4S.H/c1-2(3)7-8(4,5)6;;;1-5(2,3)4;/h1H3,(H,4,5,6);;;(H2,1,2,3,4);.